The van der Waals surface area contributed by atoms with Crippen molar-refractivity contribution in [2.75, 3.05) is 18.0 Å². The van der Waals surface area contributed by atoms with Gasteiger partial charge in [-0.3, -0.25) is 0 Å². The summed E-state index contributed by atoms with van der Waals surface area (Å²) in [7, 11) is 0. The lowest BCUT2D eigenvalue weighted by atomic mass is 10.2. The highest BCUT2D eigenvalue weighted by Crippen LogP contribution is 2.28. The average molecular weight is 240 g/mol. The zero-order valence-corrected chi connectivity index (χ0v) is 10.2. The third-order valence-corrected chi connectivity index (χ3v) is 3.44. The molecule has 3 heteroatoms. The summed E-state index contributed by atoms with van der Waals surface area (Å²) in [6, 6.07) is 5.84. The summed E-state index contributed by atoms with van der Waals surface area (Å²) in [5.74, 6) is 0. The molecule has 0 aromatic heterocycles. The first-order chi connectivity index (χ1) is 7.81. The number of rotatable bonds is 2. The van der Waals surface area contributed by atoms with E-state index in [0.29, 0.717) is 0 Å². The molecule has 16 heavy (non-hydrogen) atoms. The molecule has 0 bridgehead atoms. The lowest BCUT2D eigenvalue weighted by molar-refractivity contribution is 0.282. The molecule has 0 atom stereocenters. The van der Waals surface area contributed by atoms with Crippen molar-refractivity contribution in [3.63, 3.8) is 0 Å². The minimum atomic E-state index is 0.0556. The van der Waals surface area contributed by atoms with Crippen molar-refractivity contribution < 1.29 is 5.11 Å². The molecular weight excluding hydrogens is 222 g/mol. The minimum Gasteiger partial charge on any atom is -0.392 e. The summed E-state index contributed by atoms with van der Waals surface area (Å²) in [5, 5.41) is 9.79. The molecule has 1 heterocycles. The lowest BCUT2D eigenvalue weighted by Crippen LogP contribution is -2.24. The van der Waals surface area contributed by atoms with Crippen LogP contribution in [-0.4, -0.2) is 18.2 Å². The normalized spacial score (nSPS) is 17.2. The van der Waals surface area contributed by atoms with Gasteiger partial charge in [-0.1, -0.05) is 30.5 Å². The Morgan fingerprint density at radius 1 is 1.12 bits per heavy atom. The van der Waals surface area contributed by atoms with Crippen LogP contribution in [0.15, 0.2) is 18.2 Å². The Hall–Kier alpha value is -0.730. The maximum atomic E-state index is 9.04. The highest BCUT2D eigenvalue weighted by molar-refractivity contribution is 6.33. The number of aliphatic hydroxyl groups is 1. The molecule has 1 aliphatic heterocycles. The van der Waals surface area contributed by atoms with E-state index in [0.717, 1.165) is 29.4 Å². The van der Waals surface area contributed by atoms with Gasteiger partial charge in [0.2, 0.25) is 0 Å². The number of aliphatic hydroxyl groups excluding tert-OH is 1. The molecule has 2 rings (SSSR count). The number of hydrogen-bond acceptors (Lipinski definition) is 2. The Morgan fingerprint density at radius 2 is 1.81 bits per heavy atom. The number of nitrogens with zero attached hydrogens (tertiary/aromatic N) is 1. The van der Waals surface area contributed by atoms with E-state index in [1.54, 1.807) is 0 Å². The Bertz CT molecular complexity index is 346. The van der Waals surface area contributed by atoms with Gasteiger partial charge in [-0.25, -0.2) is 0 Å². The second-order valence-electron chi connectivity index (χ2n) is 4.35. The van der Waals surface area contributed by atoms with Crippen molar-refractivity contribution >= 4 is 17.3 Å². The smallest absolute Gasteiger partial charge is 0.0682 e. The Morgan fingerprint density at radius 3 is 2.38 bits per heavy atom. The van der Waals surface area contributed by atoms with Crippen molar-refractivity contribution in [3.8, 4) is 0 Å². The number of anilines is 1. The molecule has 88 valence electrons. The largest absolute Gasteiger partial charge is 0.392 e. The Labute approximate surface area is 102 Å². The molecule has 1 aliphatic rings. The van der Waals surface area contributed by atoms with Crippen molar-refractivity contribution in [2.24, 2.45) is 0 Å². The highest BCUT2D eigenvalue weighted by atomic mass is 35.5. The SMILES string of the molecule is OCc1ccc(N2CCCCCC2)c(Cl)c1. The van der Waals surface area contributed by atoms with Crippen LogP contribution in [0.2, 0.25) is 5.02 Å². The molecule has 1 aromatic rings. The van der Waals surface area contributed by atoms with E-state index in [2.05, 4.69) is 4.90 Å². The predicted molar refractivity (Wildman–Crippen MR) is 68.1 cm³/mol. The lowest BCUT2D eigenvalue weighted by Gasteiger charge is -2.24. The summed E-state index contributed by atoms with van der Waals surface area (Å²) in [5.41, 5.74) is 1.99. The van der Waals surface area contributed by atoms with Crippen LogP contribution in [-0.2, 0) is 6.61 Å². The molecule has 0 amide bonds. The highest BCUT2D eigenvalue weighted by Gasteiger charge is 2.12. The van der Waals surface area contributed by atoms with Crippen LogP contribution >= 0.6 is 11.6 Å². The van der Waals surface area contributed by atoms with E-state index in [1.165, 1.54) is 25.7 Å². The minimum absolute atomic E-state index is 0.0556. The van der Waals surface area contributed by atoms with Gasteiger partial charge in [0.25, 0.3) is 0 Å². The van der Waals surface area contributed by atoms with Gasteiger partial charge < -0.3 is 10.0 Å². The monoisotopic (exact) mass is 239 g/mol. The van der Waals surface area contributed by atoms with E-state index in [1.807, 2.05) is 18.2 Å². The van der Waals surface area contributed by atoms with Gasteiger partial charge in [0.05, 0.1) is 17.3 Å². The van der Waals surface area contributed by atoms with E-state index in [9.17, 15) is 0 Å². The second-order valence-corrected chi connectivity index (χ2v) is 4.75. The fourth-order valence-electron chi connectivity index (χ4n) is 2.22. The third kappa shape index (κ3) is 2.69. The van der Waals surface area contributed by atoms with Gasteiger partial charge in [-0.15, -0.1) is 0 Å². The van der Waals surface area contributed by atoms with Crippen LogP contribution in [0.4, 0.5) is 5.69 Å². The summed E-state index contributed by atoms with van der Waals surface area (Å²) < 4.78 is 0. The zero-order chi connectivity index (χ0) is 11.4. The molecule has 0 spiro atoms. The topological polar surface area (TPSA) is 23.5 Å². The Balaban J connectivity index is 2.18. The molecule has 1 aromatic carbocycles. The molecule has 0 unspecified atom stereocenters. The summed E-state index contributed by atoms with van der Waals surface area (Å²) in [4.78, 5) is 2.36. The van der Waals surface area contributed by atoms with Crippen LogP contribution in [0.5, 0.6) is 0 Å². The first kappa shape index (κ1) is 11.7. The van der Waals surface area contributed by atoms with Crippen molar-refractivity contribution in [3.05, 3.63) is 28.8 Å². The third-order valence-electron chi connectivity index (χ3n) is 3.14. The molecule has 0 saturated carbocycles. The van der Waals surface area contributed by atoms with Crippen molar-refractivity contribution in [1.29, 1.82) is 0 Å². The fourth-order valence-corrected chi connectivity index (χ4v) is 2.54. The second kappa shape index (κ2) is 5.55. The van der Waals surface area contributed by atoms with Crippen LogP contribution in [0.3, 0.4) is 0 Å². The van der Waals surface area contributed by atoms with E-state index >= 15 is 0 Å². The Kier molecular flexibility index (Phi) is 4.08. The van der Waals surface area contributed by atoms with Gasteiger partial charge in [-0.2, -0.15) is 0 Å². The average Bonchev–Trinajstić information content (AvgIpc) is 2.57. The van der Waals surface area contributed by atoms with Crippen LogP contribution < -0.4 is 4.90 Å². The summed E-state index contributed by atoms with van der Waals surface area (Å²) in [6.07, 6.45) is 5.14. The number of hydrogen-bond donors (Lipinski definition) is 1. The molecule has 1 N–H and O–H groups in total. The van der Waals surface area contributed by atoms with Crippen LogP contribution in [0.25, 0.3) is 0 Å². The fraction of sp³-hybridized carbons (Fsp3) is 0.538. The summed E-state index contributed by atoms with van der Waals surface area (Å²) >= 11 is 6.24. The molecule has 1 saturated heterocycles. The molecular formula is C13H18ClNO. The first-order valence-corrected chi connectivity index (χ1v) is 6.33. The van der Waals surface area contributed by atoms with Gasteiger partial charge in [0.15, 0.2) is 0 Å². The van der Waals surface area contributed by atoms with Gasteiger partial charge in [-0.05, 0) is 30.5 Å². The maximum Gasteiger partial charge on any atom is 0.0682 e. The molecule has 2 nitrogen and oxygen atoms in total. The van der Waals surface area contributed by atoms with Gasteiger partial charge >= 0.3 is 0 Å². The molecule has 1 fully saturated rings. The molecule has 0 aliphatic carbocycles. The van der Waals surface area contributed by atoms with Gasteiger partial charge in [0, 0.05) is 13.1 Å². The van der Waals surface area contributed by atoms with Crippen molar-refractivity contribution in [2.45, 2.75) is 32.3 Å². The standard InChI is InChI=1S/C13H18ClNO/c14-12-9-11(10-16)5-6-13(12)15-7-3-1-2-4-8-15/h5-6,9,16H,1-4,7-8,10H2. The van der Waals surface area contributed by atoms with Crippen LogP contribution in [0.1, 0.15) is 31.2 Å². The first-order valence-electron chi connectivity index (χ1n) is 5.95. The number of benzene rings is 1. The predicted octanol–water partition coefficient (Wildman–Crippen LogP) is 3.21. The van der Waals surface area contributed by atoms with E-state index < -0.39 is 0 Å². The summed E-state index contributed by atoms with van der Waals surface area (Å²) in [6.45, 7) is 2.25. The molecule has 0 radical (unpaired) electrons. The quantitative estimate of drug-likeness (QED) is 0.857. The zero-order valence-electron chi connectivity index (χ0n) is 9.45. The van der Waals surface area contributed by atoms with Gasteiger partial charge in [0.1, 0.15) is 0 Å². The van der Waals surface area contributed by atoms with Crippen LogP contribution in [0, 0.1) is 0 Å². The van der Waals surface area contributed by atoms with Crippen molar-refractivity contribution in [1.82, 2.24) is 0 Å². The number of halogens is 1. The maximum absolute atomic E-state index is 9.04. The van der Waals surface area contributed by atoms with E-state index in [4.69, 9.17) is 16.7 Å². The van der Waals surface area contributed by atoms with E-state index in [-0.39, 0.29) is 6.61 Å².